The average molecular weight is 419 g/mol. The minimum absolute atomic E-state index is 0.297. The molecule has 1 N–H and O–H groups in total. The second-order valence-electron chi connectivity index (χ2n) is 7.23. The summed E-state index contributed by atoms with van der Waals surface area (Å²) in [6.45, 7) is 0. The Hall–Kier alpha value is -4.56. The van der Waals surface area contributed by atoms with Gasteiger partial charge in [0.15, 0.2) is 0 Å². The highest BCUT2D eigenvalue weighted by Crippen LogP contribution is 2.35. The Morgan fingerprint density at radius 1 is 0.844 bits per heavy atom. The van der Waals surface area contributed by atoms with Crippen molar-refractivity contribution in [2.24, 2.45) is 7.05 Å². The third kappa shape index (κ3) is 4.16. The lowest BCUT2D eigenvalue weighted by molar-refractivity contribution is -0.132. The molecular weight excluding hydrogens is 398 g/mol. The highest BCUT2D eigenvalue weighted by atomic mass is 16.4. The number of anilines is 3. The van der Waals surface area contributed by atoms with Gasteiger partial charge in [-0.05, 0) is 60.2 Å². The molecule has 0 amide bonds. The second kappa shape index (κ2) is 9.07. The van der Waals surface area contributed by atoms with Gasteiger partial charge in [0.2, 0.25) is 0 Å². The molecule has 156 valence electrons. The van der Waals surface area contributed by atoms with E-state index < -0.39 is 5.97 Å². The van der Waals surface area contributed by atoms with Crippen LogP contribution in [0.3, 0.4) is 0 Å². The number of hydrogen-bond donors (Lipinski definition) is 1. The van der Waals surface area contributed by atoms with Crippen LogP contribution in [0.4, 0.5) is 17.1 Å². The van der Waals surface area contributed by atoms with Gasteiger partial charge in [-0.25, -0.2) is 4.79 Å². The van der Waals surface area contributed by atoms with E-state index in [1.807, 2.05) is 72.3 Å². The van der Waals surface area contributed by atoms with Gasteiger partial charge in [0.1, 0.15) is 11.6 Å². The maximum absolute atomic E-state index is 11.2. The summed E-state index contributed by atoms with van der Waals surface area (Å²) in [5.74, 6) is -1.23. The summed E-state index contributed by atoms with van der Waals surface area (Å²) in [4.78, 5) is 13.3. The lowest BCUT2D eigenvalue weighted by Crippen LogP contribution is -2.09. The van der Waals surface area contributed by atoms with E-state index in [1.165, 1.54) is 6.08 Å². The Labute approximate surface area is 186 Å². The summed E-state index contributed by atoms with van der Waals surface area (Å²) in [5, 5.41) is 18.1. The minimum atomic E-state index is -1.23. The SMILES string of the molecule is Cn1c(/C=C(/C#N)C(=O)O)ccc1-c1ccc(N(c2ccccc2)c2ccccc2)cc1. The zero-order valence-corrected chi connectivity index (χ0v) is 17.5. The lowest BCUT2D eigenvalue weighted by Gasteiger charge is -2.25. The van der Waals surface area contributed by atoms with Crippen LogP contribution in [0, 0.1) is 11.3 Å². The van der Waals surface area contributed by atoms with Gasteiger partial charge in [-0.3, -0.25) is 0 Å². The van der Waals surface area contributed by atoms with Crippen molar-refractivity contribution >= 4 is 29.1 Å². The number of rotatable bonds is 6. The third-order valence-corrected chi connectivity index (χ3v) is 5.25. The molecular formula is C27H21N3O2. The monoisotopic (exact) mass is 419 g/mol. The minimum Gasteiger partial charge on any atom is -0.477 e. The van der Waals surface area contributed by atoms with Gasteiger partial charge >= 0.3 is 5.97 Å². The van der Waals surface area contributed by atoms with Gasteiger partial charge in [-0.15, -0.1) is 0 Å². The summed E-state index contributed by atoms with van der Waals surface area (Å²) >= 11 is 0. The Balaban J connectivity index is 1.70. The van der Waals surface area contributed by atoms with Crippen molar-refractivity contribution in [1.29, 1.82) is 5.26 Å². The third-order valence-electron chi connectivity index (χ3n) is 5.25. The van der Waals surface area contributed by atoms with Crippen LogP contribution >= 0.6 is 0 Å². The smallest absolute Gasteiger partial charge is 0.346 e. The van der Waals surface area contributed by atoms with Crippen LogP contribution in [0.15, 0.2) is 103 Å². The van der Waals surface area contributed by atoms with Gasteiger partial charge in [0.05, 0.1) is 0 Å². The van der Waals surface area contributed by atoms with Crippen molar-refractivity contribution in [1.82, 2.24) is 4.57 Å². The van der Waals surface area contributed by atoms with Crippen LogP contribution in [0.1, 0.15) is 5.69 Å². The molecule has 5 nitrogen and oxygen atoms in total. The van der Waals surface area contributed by atoms with Crippen molar-refractivity contribution in [2.45, 2.75) is 0 Å². The first-order valence-corrected chi connectivity index (χ1v) is 10.1. The lowest BCUT2D eigenvalue weighted by atomic mass is 10.1. The summed E-state index contributed by atoms with van der Waals surface area (Å²) in [6, 6.07) is 34.0. The number of aromatic nitrogens is 1. The highest BCUT2D eigenvalue weighted by Gasteiger charge is 2.13. The number of carboxylic acids is 1. The van der Waals surface area contributed by atoms with Crippen LogP contribution in [0.25, 0.3) is 17.3 Å². The molecule has 4 aromatic rings. The predicted molar refractivity (Wildman–Crippen MR) is 127 cm³/mol. The molecule has 0 aliphatic carbocycles. The summed E-state index contributed by atoms with van der Waals surface area (Å²) in [7, 11) is 1.85. The van der Waals surface area contributed by atoms with Crippen LogP contribution in [0.2, 0.25) is 0 Å². The Kier molecular flexibility index (Phi) is 5.87. The molecule has 5 heteroatoms. The van der Waals surface area contributed by atoms with Crippen LogP contribution in [-0.2, 0) is 11.8 Å². The highest BCUT2D eigenvalue weighted by molar-refractivity contribution is 5.96. The zero-order chi connectivity index (χ0) is 22.5. The van der Waals surface area contributed by atoms with Crippen LogP contribution in [-0.4, -0.2) is 15.6 Å². The molecule has 1 heterocycles. The molecule has 0 unspecified atom stereocenters. The average Bonchev–Trinajstić information content (AvgIpc) is 3.19. The van der Waals surface area contributed by atoms with Crippen molar-refractivity contribution in [2.75, 3.05) is 4.90 Å². The molecule has 0 aliphatic rings. The van der Waals surface area contributed by atoms with E-state index in [-0.39, 0.29) is 5.57 Å². The largest absolute Gasteiger partial charge is 0.477 e. The van der Waals surface area contributed by atoms with Gasteiger partial charge < -0.3 is 14.6 Å². The number of carboxylic acid groups (broad SMARTS) is 1. The Morgan fingerprint density at radius 3 is 1.88 bits per heavy atom. The zero-order valence-electron chi connectivity index (χ0n) is 17.5. The van der Waals surface area contributed by atoms with E-state index >= 15 is 0 Å². The Bertz CT molecular complexity index is 1260. The van der Waals surface area contributed by atoms with E-state index in [0.717, 1.165) is 28.3 Å². The van der Waals surface area contributed by atoms with Gasteiger partial charge in [0.25, 0.3) is 0 Å². The maximum atomic E-state index is 11.2. The molecule has 0 spiro atoms. The summed E-state index contributed by atoms with van der Waals surface area (Å²) in [5.41, 5.74) is 5.43. The topological polar surface area (TPSA) is 69.3 Å². The molecule has 1 aromatic heterocycles. The maximum Gasteiger partial charge on any atom is 0.346 e. The number of nitrogens with zero attached hydrogens (tertiary/aromatic N) is 3. The predicted octanol–water partition coefficient (Wildman–Crippen LogP) is 6.15. The van der Waals surface area contributed by atoms with E-state index in [2.05, 4.69) is 41.3 Å². The molecule has 4 rings (SSSR count). The van der Waals surface area contributed by atoms with Gasteiger partial charge in [0, 0.05) is 35.5 Å². The van der Waals surface area contributed by atoms with Gasteiger partial charge in [-0.1, -0.05) is 48.5 Å². The number of benzene rings is 3. The standard InChI is InChI=1S/C27H21N3O2/c1-29-25(18-21(19-28)27(31)32)16-17-26(29)20-12-14-24(15-13-20)30(22-8-4-2-5-9-22)23-10-6-3-7-11-23/h2-18H,1H3,(H,31,32)/b21-18-. The molecule has 0 bridgehead atoms. The van der Waals surface area contributed by atoms with Crippen molar-refractivity contribution < 1.29 is 9.90 Å². The first-order chi connectivity index (χ1) is 15.6. The van der Waals surface area contributed by atoms with Gasteiger partial charge in [-0.2, -0.15) is 5.26 Å². The van der Waals surface area contributed by atoms with E-state index in [9.17, 15) is 4.79 Å². The van der Waals surface area contributed by atoms with Crippen molar-refractivity contribution in [3.63, 3.8) is 0 Å². The molecule has 0 saturated carbocycles. The van der Waals surface area contributed by atoms with E-state index in [0.29, 0.717) is 5.69 Å². The first kappa shape index (κ1) is 20.7. The molecule has 32 heavy (non-hydrogen) atoms. The van der Waals surface area contributed by atoms with E-state index in [4.69, 9.17) is 10.4 Å². The number of nitriles is 1. The van der Waals surface area contributed by atoms with E-state index in [1.54, 1.807) is 6.07 Å². The fraction of sp³-hybridized carbons (Fsp3) is 0.0370. The fourth-order valence-electron chi connectivity index (χ4n) is 3.63. The first-order valence-electron chi connectivity index (χ1n) is 10.1. The number of para-hydroxylation sites is 2. The summed E-state index contributed by atoms with van der Waals surface area (Å²) in [6.07, 6.45) is 1.38. The molecule has 0 atom stereocenters. The normalized spacial score (nSPS) is 11.1. The van der Waals surface area contributed by atoms with Crippen molar-refractivity contribution in [3.8, 4) is 17.3 Å². The molecule has 3 aromatic carbocycles. The summed E-state index contributed by atoms with van der Waals surface area (Å²) < 4.78 is 1.88. The number of aliphatic carboxylic acids is 1. The Morgan fingerprint density at radius 2 is 1.38 bits per heavy atom. The number of hydrogen-bond acceptors (Lipinski definition) is 3. The molecule has 0 saturated heterocycles. The fourth-order valence-corrected chi connectivity index (χ4v) is 3.63. The quantitative estimate of drug-likeness (QED) is 0.300. The second-order valence-corrected chi connectivity index (χ2v) is 7.23. The molecule has 0 fully saturated rings. The number of carbonyl (C=O) groups is 1. The van der Waals surface area contributed by atoms with Crippen LogP contribution < -0.4 is 4.90 Å². The molecule has 0 aliphatic heterocycles. The van der Waals surface area contributed by atoms with Crippen LogP contribution in [0.5, 0.6) is 0 Å². The molecule has 0 radical (unpaired) electrons. The van der Waals surface area contributed by atoms with Crippen molar-refractivity contribution in [3.05, 3.63) is 108 Å².